The van der Waals surface area contributed by atoms with Crippen molar-refractivity contribution in [2.45, 2.75) is 0 Å². The zero-order chi connectivity index (χ0) is 11.0. The van der Waals surface area contributed by atoms with Crippen LogP contribution in [-0.2, 0) is 4.18 Å². The molecule has 0 unspecified atom stereocenters. The van der Waals surface area contributed by atoms with Crippen LogP contribution in [0.15, 0.2) is 30.3 Å². The first-order chi connectivity index (χ1) is 7.84. The molecular weight excluding hydrogens is 242 g/mol. The number of rotatable bonds is 1. The van der Waals surface area contributed by atoms with Gasteiger partial charge in [-0.15, -0.1) is 11.3 Å². The van der Waals surface area contributed by atoms with Gasteiger partial charge in [-0.3, -0.25) is 4.18 Å². The Bertz CT molecular complexity index is 529. The Labute approximate surface area is 101 Å². The third-order valence-corrected chi connectivity index (χ3v) is 4.50. The topological polar surface area (TPSA) is 35.3 Å². The Balaban J connectivity index is 2.12. The summed E-state index contributed by atoms with van der Waals surface area (Å²) in [5.41, 5.74) is 0. The summed E-state index contributed by atoms with van der Waals surface area (Å²) >= 11 is 2.81. The number of thiophene rings is 1. The Hall–Kier alpha value is -1.04. The Morgan fingerprint density at radius 2 is 2.19 bits per heavy atom. The van der Waals surface area contributed by atoms with Crippen LogP contribution in [0.5, 0.6) is 0 Å². The smallest absolute Gasteiger partial charge is 0.290 e. The van der Waals surface area contributed by atoms with E-state index in [0.717, 1.165) is 9.62 Å². The minimum Gasteiger partial charge on any atom is -0.623 e. The molecule has 0 spiro atoms. The first-order valence-corrected chi connectivity index (χ1v) is 6.50. The van der Waals surface area contributed by atoms with Crippen LogP contribution in [0.3, 0.4) is 0 Å². The summed E-state index contributed by atoms with van der Waals surface area (Å²) in [4.78, 5) is 0.987. The lowest BCUT2D eigenvalue weighted by molar-refractivity contribution is -0.458. The van der Waals surface area contributed by atoms with E-state index in [2.05, 4.69) is 12.1 Å². The minimum absolute atomic E-state index is 0.413. The molecule has 0 aliphatic carbocycles. The quantitative estimate of drug-likeness (QED) is 0.444. The molecule has 0 amide bonds. The van der Waals surface area contributed by atoms with E-state index in [1.807, 2.05) is 18.2 Å². The highest BCUT2D eigenvalue weighted by Crippen LogP contribution is 2.29. The van der Waals surface area contributed by atoms with Crippen molar-refractivity contribution in [3.8, 4) is 0 Å². The molecule has 0 saturated carbocycles. The summed E-state index contributed by atoms with van der Waals surface area (Å²) in [5, 5.41) is 13.5. The van der Waals surface area contributed by atoms with Crippen LogP contribution in [0, 0.1) is 5.21 Å². The van der Waals surface area contributed by atoms with E-state index in [1.165, 1.54) is 22.1 Å². The standard InChI is InChI=1S/C11H9NO2S2/c13-12-5-6-14-16-11(12)10-7-8-3-1-2-4-9(8)15-10/h1-4,7H,5-6H2. The van der Waals surface area contributed by atoms with E-state index >= 15 is 0 Å². The summed E-state index contributed by atoms with van der Waals surface area (Å²) in [5.74, 6) is 0. The molecule has 82 valence electrons. The van der Waals surface area contributed by atoms with Crippen LogP contribution < -0.4 is 0 Å². The second kappa shape index (κ2) is 4.08. The highest BCUT2D eigenvalue weighted by molar-refractivity contribution is 8.10. The molecule has 5 heteroatoms. The third kappa shape index (κ3) is 1.71. The summed E-state index contributed by atoms with van der Waals surface area (Å²) in [6.07, 6.45) is 0. The maximum atomic E-state index is 11.7. The van der Waals surface area contributed by atoms with Gasteiger partial charge in [-0.05, 0) is 17.5 Å². The van der Waals surface area contributed by atoms with Crippen LogP contribution in [0.4, 0.5) is 0 Å². The molecule has 1 aliphatic heterocycles. The molecule has 0 atom stereocenters. The van der Waals surface area contributed by atoms with Crippen LogP contribution in [0.25, 0.3) is 10.1 Å². The predicted molar refractivity (Wildman–Crippen MR) is 68.0 cm³/mol. The fourth-order valence-corrected chi connectivity index (χ4v) is 3.43. The van der Waals surface area contributed by atoms with E-state index in [9.17, 15) is 5.21 Å². The van der Waals surface area contributed by atoms with E-state index in [4.69, 9.17) is 4.18 Å². The van der Waals surface area contributed by atoms with Gasteiger partial charge in [0.15, 0.2) is 6.54 Å². The summed E-state index contributed by atoms with van der Waals surface area (Å²) < 4.78 is 7.46. The van der Waals surface area contributed by atoms with Crippen LogP contribution in [0.1, 0.15) is 4.88 Å². The first kappa shape index (κ1) is 10.1. The maximum absolute atomic E-state index is 11.7. The zero-order valence-electron chi connectivity index (χ0n) is 8.38. The molecule has 1 aromatic carbocycles. The van der Waals surface area contributed by atoms with Crippen molar-refractivity contribution in [3.63, 3.8) is 0 Å². The molecule has 1 aromatic heterocycles. The van der Waals surface area contributed by atoms with Crippen molar-refractivity contribution in [1.82, 2.24) is 0 Å². The zero-order valence-corrected chi connectivity index (χ0v) is 10.0. The minimum atomic E-state index is 0.413. The second-order valence-corrected chi connectivity index (χ2v) is 5.33. The first-order valence-electron chi connectivity index (χ1n) is 4.94. The van der Waals surface area contributed by atoms with Gasteiger partial charge in [0.1, 0.15) is 23.5 Å². The lowest BCUT2D eigenvalue weighted by Crippen LogP contribution is -2.22. The molecule has 0 N–H and O–H groups in total. The van der Waals surface area contributed by atoms with Gasteiger partial charge >= 0.3 is 0 Å². The fraction of sp³-hybridized carbons (Fsp3) is 0.182. The van der Waals surface area contributed by atoms with Gasteiger partial charge in [0.05, 0.1) is 0 Å². The van der Waals surface area contributed by atoms with Gasteiger partial charge in [-0.1, -0.05) is 18.2 Å². The maximum Gasteiger partial charge on any atom is 0.290 e. The molecule has 2 aromatic rings. The summed E-state index contributed by atoms with van der Waals surface area (Å²) in [7, 11) is 0. The van der Waals surface area contributed by atoms with Crippen molar-refractivity contribution < 1.29 is 8.92 Å². The van der Waals surface area contributed by atoms with E-state index < -0.39 is 0 Å². The number of fused-ring (bicyclic) bond motifs is 1. The SMILES string of the molecule is [O-][N+]1=C(c2cc3ccccc3s2)SOCC1. The van der Waals surface area contributed by atoms with Gasteiger partial charge < -0.3 is 5.21 Å². The van der Waals surface area contributed by atoms with Crippen molar-refractivity contribution in [2.24, 2.45) is 0 Å². The number of hydrogen-bond donors (Lipinski definition) is 0. The average molecular weight is 251 g/mol. The fourth-order valence-electron chi connectivity index (χ4n) is 1.61. The van der Waals surface area contributed by atoms with Crippen LogP contribution >= 0.6 is 23.4 Å². The number of hydroxylamine groups is 1. The molecular formula is C11H9NO2S2. The highest BCUT2D eigenvalue weighted by Gasteiger charge is 2.21. The molecule has 2 heterocycles. The van der Waals surface area contributed by atoms with Gasteiger partial charge in [-0.2, -0.15) is 4.74 Å². The molecule has 3 nitrogen and oxygen atoms in total. The van der Waals surface area contributed by atoms with Gasteiger partial charge in [0.2, 0.25) is 0 Å². The molecule has 0 bridgehead atoms. The highest BCUT2D eigenvalue weighted by atomic mass is 32.2. The molecule has 0 fully saturated rings. The Morgan fingerprint density at radius 1 is 1.31 bits per heavy atom. The number of nitrogens with zero attached hydrogens (tertiary/aromatic N) is 1. The average Bonchev–Trinajstić information content (AvgIpc) is 2.73. The number of hydrogen-bond acceptors (Lipinski definition) is 4. The Kier molecular flexibility index (Phi) is 2.59. The van der Waals surface area contributed by atoms with Crippen molar-refractivity contribution in [3.05, 3.63) is 40.4 Å². The van der Waals surface area contributed by atoms with Crippen LogP contribution in [0.2, 0.25) is 0 Å². The Morgan fingerprint density at radius 3 is 3.00 bits per heavy atom. The summed E-state index contributed by atoms with van der Waals surface area (Å²) in [6.45, 7) is 0.902. The lowest BCUT2D eigenvalue weighted by atomic mass is 10.2. The predicted octanol–water partition coefficient (Wildman–Crippen LogP) is 2.84. The molecule has 3 rings (SSSR count). The van der Waals surface area contributed by atoms with Crippen molar-refractivity contribution in [2.75, 3.05) is 13.2 Å². The summed E-state index contributed by atoms with van der Waals surface area (Å²) in [6, 6.07) is 10.2. The van der Waals surface area contributed by atoms with Gasteiger partial charge in [-0.25, -0.2) is 0 Å². The second-order valence-electron chi connectivity index (χ2n) is 3.46. The molecule has 0 saturated heterocycles. The monoisotopic (exact) mass is 251 g/mol. The van der Waals surface area contributed by atoms with Gasteiger partial charge in [0, 0.05) is 4.70 Å². The lowest BCUT2D eigenvalue weighted by Gasteiger charge is -2.13. The van der Waals surface area contributed by atoms with Gasteiger partial charge in [0.25, 0.3) is 5.04 Å². The largest absolute Gasteiger partial charge is 0.623 e. The molecule has 1 aliphatic rings. The van der Waals surface area contributed by atoms with Crippen molar-refractivity contribution >= 4 is 38.5 Å². The molecule has 0 radical (unpaired) electrons. The van der Waals surface area contributed by atoms with Crippen molar-refractivity contribution in [1.29, 1.82) is 0 Å². The van der Waals surface area contributed by atoms with Crippen LogP contribution in [-0.4, -0.2) is 22.9 Å². The third-order valence-electron chi connectivity index (χ3n) is 2.38. The van der Waals surface area contributed by atoms with E-state index in [-0.39, 0.29) is 0 Å². The van der Waals surface area contributed by atoms with E-state index in [1.54, 1.807) is 11.3 Å². The normalized spacial score (nSPS) is 17.0. The molecule has 16 heavy (non-hydrogen) atoms. The van der Waals surface area contributed by atoms with E-state index in [0.29, 0.717) is 18.2 Å². The number of benzene rings is 1.